The number of nitrogens with one attached hydrogen (secondary N) is 1. The van der Waals surface area contributed by atoms with Gasteiger partial charge in [-0.2, -0.15) is 0 Å². The summed E-state index contributed by atoms with van der Waals surface area (Å²) in [7, 11) is 2.13. The molecule has 2 aliphatic rings. The SMILES string of the molecule is CN1CCC(NC(=O)C[C@@H]2CN(Cc3ccccc3)CCO2)CC1. The Morgan fingerprint density at radius 1 is 1.21 bits per heavy atom. The minimum atomic E-state index is 0.00808. The van der Waals surface area contributed by atoms with Gasteiger partial charge < -0.3 is 15.0 Å². The number of nitrogens with zero attached hydrogens (tertiary/aromatic N) is 2. The molecular formula is C19H29N3O2. The number of hydrogen-bond donors (Lipinski definition) is 1. The van der Waals surface area contributed by atoms with Crippen LogP contribution >= 0.6 is 0 Å². The van der Waals surface area contributed by atoms with Crippen molar-refractivity contribution in [2.45, 2.75) is 38.0 Å². The third kappa shape index (κ3) is 5.30. The van der Waals surface area contributed by atoms with E-state index in [1.807, 2.05) is 6.07 Å². The Hall–Kier alpha value is -1.43. The molecule has 2 saturated heterocycles. The third-order valence-electron chi connectivity index (χ3n) is 4.97. The van der Waals surface area contributed by atoms with Crippen LogP contribution in [0, 0.1) is 0 Å². The number of benzene rings is 1. The van der Waals surface area contributed by atoms with Gasteiger partial charge in [0.05, 0.1) is 19.1 Å². The Morgan fingerprint density at radius 3 is 2.71 bits per heavy atom. The van der Waals surface area contributed by atoms with Crippen LogP contribution in [0.3, 0.4) is 0 Å². The Labute approximate surface area is 145 Å². The smallest absolute Gasteiger partial charge is 0.222 e. The summed E-state index contributed by atoms with van der Waals surface area (Å²) in [4.78, 5) is 17.0. The van der Waals surface area contributed by atoms with Crippen LogP contribution in [0.5, 0.6) is 0 Å². The highest BCUT2D eigenvalue weighted by Crippen LogP contribution is 2.14. The Balaban J connectivity index is 1.42. The van der Waals surface area contributed by atoms with Crippen molar-refractivity contribution in [1.82, 2.24) is 15.1 Å². The molecule has 2 aliphatic heterocycles. The molecule has 0 aliphatic carbocycles. The first-order chi connectivity index (χ1) is 11.7. The number of carbonyl (C=O) groups is 1. The highest BCUT2D eigenvalue weighted by Gasteiger charge is 2.25. The molecule has 1 N–H and O–H groups in total. The lowest BCUT2D eigenvalue weighted by molar-refractivity contribution is -0.127. The first-order valence-electron chi connectivity index (χ1n) is 9.05. The predicted molar refractivity (Wildman–Crippen MR) is 94.7 cm³/mol. The van der Waals surface area contributed by atoms with Crippen LogP contribution in [-0.4, -0.2) is 67.7 Å². The average molecular weight is 331 g/mol. The van der Waals surface area contributed by atoms with Crippen molar-refractivity contribution in [3.63, 3.8) is 0 Å². The maximum Gasteiger partial charge on any atom is 0.222 e. The van der Waals surface area contributed by atoms with Crippen LogP contribution in [0.25, 0.3) is 0 Å². The first kappa shape index (κ1) is 17.4. The van der Waals surface area contributed by atoms with Gasteiger partial charge in [-0.25, -0.2) is 0 Å². The van der Waals surface area contributed by atoms with Crippen LogP contribution in [0.15, 0.2) is 30.3 Å². The van der Waals surface area contributed by atoms with Crippen LogP contribution in [0.2, 0.25) is 0 Å². The first-order valence-corrected chi connectivity index (χ1v) is 9.05. The van der Waals surface area contributed by atoms with Crippen molar-refractivity contribution in [1.29, 1.82) is 0 Å². The topological polar surface area (TPSA) is 44.8 Å². The van der Waals surface area contributed by atoms with E-state index in [4.69, 9.17) is 4.74 Å². The molecule has 0 aromatic heterocycles. The monoisotopic (exact) mass is 331 g/mol. The fourth-order valence-corrected chi connectivity index (χ4v) is 3.54. The molecule has 1 atom stereocenters. The molecule has 2 heterocycles. The van der Waals surface area contributed by atoms with Crippen LogP contribution in [0.1, 0.15) is 24.8 Å². The van der Waals surface area contributed by atoms with Gasteiger partial charge in [-0.3, -0.25) is 9.69 Å². The number of ether oxygens (including phenoxy) is 1. The summed E-state index contributed by atoms with van der Waals surface area (Å²) in [5.74, 6) is 0.135. The van der Waals surface area contributed by atoms with E-state index in [-0.39, 0.29) is 12.0 Å². The van der Waals surface area contributed by atoms with Crippen molar-refractivity contribution in [3.05, 3.63) is 35.9 Å². The summed E-state index contributed by atoms with van der Waals surface area (Å²) in [6.45, 7) is 5.53. The Kier molecular flexibility index (Phi) is 6.24. The van der Waals surface area contributed by atoms with Crippen molar-refractivity contribution in [2.75, 3.05) is 39.8 Å². The molecule has 2 fully saturated rings. The minimum absolute atomic E-state index is 0.00808. The zero-order valence-corrected chi connectivity index (χ0v) is 14.6. The van der Waals surface area contributed by atoms with Gasteiger partial charge in [-0.1, -0.05) is 30.3 Å². The van der Waals surface area contributed by atoms with Crippen molar-refractivity contribution < 1.29 is 9.53 Å². The summed E-state index contributed by atoms with van der Waals surface area (Å²) in [6.07, 6.45) is 2.58. The molecule has 5 nitrogen and oxygen atoms in total. The van der Waals surface area contributed by atoms with Crippen molar-refractivity contribution in [3.8, 4) is 0 Å². The number of carbonyl (C=O) groups excluding carboxylic acids is 1. The fraction of sp³-hybridized carbons (Fsp3) is 0.632. The van der Waals surface area contributed by atoms with Crippen molar-refractivity contribution >= 4 is 5.91 Å². The Bertz CT molecular complexity index is 515. The van der Waals surface area contributed by atoms with Crippen LogP contribution in [-0.2, 0) is 16.1 Å². The van der Waals surface area contributed by atoms with Gasteiger partial charge in [0.1, 0.15) is 0 Å². The van der Waals surface area contributed by atoms with E-state index in [2.05, 4.69) is 46.4 Å². The maximum absolute atomic E-state index is 12.3. The number of rotatable bonds is 5. The van der Waals surface area contributed by atoms with Crippen molar-refractivity contribution in [2.24, 2.45) is 0 Å². The molecule has 1 aromatic carbocycles. The van der Waals surface area contributed by atoms with Gasteiger partial charge in [0.2, 0.25) is 5.91 Å². The molecule has 0 unspecified atom stereocenters. The molecule has 24 heavy (non-hydrogen) atoms. The standard InChI is InChI=1S/C19H29N3O2/c1-21-9-7-17(8-10-21)20-19(23)13-18-15-22(11-12-24-18)14-16-5-3-2-4-6-16/h2-6,17-18H,7-15H2,1H3,(H,20,23)/t18-/m1/s1. The molecule has 0 spiro atoms. The molecule has 1 amide bonds. The highest BCUT2D eigenvalue weighted by molar-refractivity contribution is 5.76. The van der Waals surface area contributed by atoms with E-state index in [1.54, 1.807) is 0 Å². The summed E-state index contributed by atoms with van der Waals surface area (Å²) >= 11 is 0. The van der Waals surface area contributed by atoms with Gasteiger partial charge in [0.15, 0.2) is 0 Å². The molecule has 0 saturated carbocycles. The summed E-state index contributed by atoms with van der Waals surface area (Å²) in [5.41, 5.74) is 1.31. The maximum atomic E-state index is 12.3. The lowest BCUT2D eigenvalue weighted by Gasteiger charge is -2.33. The summed E-state index contributed by atoms with van der Waals surface area (Å²) in [6, 6.07) is 10.8. The molecular weight excluding hydrogens is 302 g/mol. The van der Waals surface area contributed by atoms with E-state index >= 15 is 0 Å². The second kappa shape index (κ2) is 8.60. The fourth-order valence-electron chi connectivity index (χ4n) is 3.54. The molecule has 0 bridgehead atoms. The largest absolute Gasteiger partial charge is 0.375 e. The number of likely N-dealkylation sites (tertiary alicyclic amines) is 1. The Morgan fingerprint density at radius 2 is 1.96 bits per heavy atom. The van der Waals surface area contributed by atoms with E-state index < -0.39 is 0 Å². The molecule has 1 aromatic rings. The second-order valence-corrected chi connectivity index (χ2v) is 7.06. The van der Waals surface area contributed by atoms with Crippen LogP contribution < -0.4 is 5.32 Å². The molecule has 5 heteroatoms. The molecule has 0 radical (unpaired) electrons. The second-order valence-electron chi connectivity index (χ2n) is 7.06. The van der Waals surface area contributed by atoms with E-state index in [0.29, 0.717) is 19.1 Å². The number of piperidine rings is 1. The zero-order chi connectivity index (χ0) is 16.8. The zero-order valence-electron chi connectivity index (χ0n) is 14.6. The van der Waals surface area contributed by atoms with Gasteiger partial charge in [-0.15, -0.1) is 0 Å². The third-order valence-corrected chi connectivity index (χ3v) is 4.97. The number of hydrogen-bond acceptors (Lipinski definition) is 4. The average Bonchev–Trinajstić information content (AvgIpc) is 2.58. The van der Waals surface area contributed by atoms with Gasteiger partial charge in [0, 0.05) is 25.7 Å². The predicted octanol–water partition coefficient (Wildman–Crippen LogP) is 1.49. The van der Waals surface area contributed by atoms with Gasteiger partial charge in [-0.05, 0) is 38.5 Å². The highest BCUT2D eigenvalue weighted by atomic mass is 16.5. The molecule has 132 valence electrons. The quantitative estimate of drug-likeness (QED) is 0.888. The minimum Gasteiger partial charge on any atom is -0.375 e. The van der Waals surface area contributed by atoms with Gasteiger partial charge in [0.25, 0.3) is 0 Å². The summed E-state index contributed by atoms with van der Waals surface area (Å²) in [5, 5.41) is 3.19. The van der Waals surface area contributed by atoms with E-state index in [9.17, 15) is 4.79 Å². The van der Waals surface area contributed by atoms with Crippen LogP contribution in [0.4, 0.5) is 0 Å². The van der Waals surface area contributed by atoms with Gasteiger partial charge >= 0.3 is 0 Å². The summed E-state index contributed by atoms with van der Waals surface area (Å²) < 4.78 is 5.81. The van der Waals surface area contributed by atoms with E-state index in [0.717, 1.165) is 45.6 Å². The lowest BCUT2D eigenvalue weighted by atomic mass is 10.0. The molecule has 3 rings (SSSR count). The lowest BCUT2D eigenvalue weighted by Crippen LogP contribution is -2.47. The number of morpholine rings is 1. The number of amides is 1. The van der Waals surface area contributed by atoms with E-state index in [1.165, 1.54) is 5.56 Å². The normalized spacial score (nSPS) is 24.0.